The number of anilines is 1. The van der Waals surface area contributed by atoms with Gasteiger partial charge in [0.05, 0.1) is 6.61 Å². The second-order valence-corrected chi connectivity index (χ2v) is 9.25. The zero-order chi connectivity index (χ0) is 20.4. The van der Waals surface area contributed by atoms with Crippen LogP contribution in [0.25, 0.3) is 0 Å². The van der Waals surface area contributed by atoms with Gasteiger partial charge < -0.3 is 15.4 Å². The first-order valence-electron chi connectivity index (χ1n) is 10.9. The van der Waals surface area contributed by atoms with E-state index >= 15 is 0 Å². The van der Waals surface area contributed by atoms with Crippen molar-refractivity contribution in [3.05, 3.63) is 36.0 Å². The van der Waals surface area contributed by atoms with Gasteiger partial charge in [-0.05, 0) is 99.8 Å². The van der Waals surface area contributed by atoms with Gasteiger partial charge in [0.1, 0.15) is 17.4 Å². The van der Waals surface area contributed by atoms with Crippen LogP contribution in [0.5, 0.6) is 5.75 Å². The van der Waals surface area contributed by atoms with Crippen LogP contribution in [0.15, 0.2) is 36.0 Å². The van der Waals surface area contributed by atoms with Crippen molar-refractivity contribution in [3.63, 3.8) is 0 Å². The van der Waals surface area contributed by atoms with Gasteiger partial charge in [-0.3, -0.25) is 4.79 Å². The fourth-order valence-electron chi connectivity index (χ4n) is 6.25. The number of carbonyl (C=O) groups is 1. The van der Waals surface area contributed by atoms with Crippen molar-refractivity contribution in [1.29, 1.82) is 5.26 Å². The highest BCUT2D eigenvalue weighted by molar-refractivity contribution is 5.97. The van der Waals surface area contributed by atoms with E-state index < -0.39 is 0 Å². The van der Waals surface area contributed by atoms with Crippen LogP contribution in [0.1, 0.15) is 52.4 Å². The standard InChI is InChI=1S/C24H31N3O2/c1-3-29-22-6-4-21(5-7-22)26-15-20(14-25)23(28)27-16(2)24-11-17-8-18(12-24)10-19(9-17)13-24/h4-7,15-19,26H,3,8-13H2,1-2H3,(H,27,28)/b20-15-. The molecule has 1 unspecified atom stereocenters. The largest absolute Gasteiger partial charge is 0.494 e. The first-order valence-corrected chi connectivity index (χ1v) is 10.9. The molecule has 0 radical (unpaired) electrons. The van der Waals surface area contributed by atoms with Crippen molar-refractivity contribution < 1.29 is 9.53 Å². The minimum absolute atomic E-state index is 0.102. The van der Waals surface area contributed by atoms with Crippen LogP contribution < -0.4 is 15.4 Å². The molecule has 0 heterocycles. The van der Waals surface area contributed by atoms with Crippen LogP contribution in [0.2, 0.25) is 0 Å². The fraction of sp³-hybridized carbons (Fsp3) is 0.583. The number of benzene rings is 1. The molecule has 2 N–H and O–H groups in total. The third kappa shape index (κ3) is 4.12. The molecule has 0 aliphatic heterocycles. The van der Waals surface area contributed by atoms with Gasteiger partial charge in [-0.25, -0.2) is 0 Å². The van der Waals surface area contributed by atoms with Gasteiger partial charge in [0.25, 0.3) is 5.91 Å². The third-order valence-corrected chi connectivity index (χ3v) is 7.27. The Morgan fingerprint density at radius 3 is 2.31 bits per heavy atom. The van der Waals surface area contributed by atoms with Crippen LogP contribution in [0.4, 0.5) is 5.69 Å². The summed E-state index contributed by atoms with van der Waals surface area (Å²) >= 11 is 0. The number of nitriles is 1. The number of nitrogens with zero attached hydrogens (tertiary/aromatic N) is 1. The smallest absolute Gasteiger partial charge is 0.263 e. The van der Waals surface area contributed by atoms with Crippen molar-refractivity contribution in [1.82, 2.24) is 5.32 Å². The molecule has 4 saturated carbocycles. The molecule has 5 nitrogen and oxygen atoms in total. The van der Waals surface area contributed by atoms with Gasteiger partial charge in [0, 0.05) is 17.9 Å². The minimum atomic E-state index is -0.283. The van der Waals surface area contributed by atoms with Crippen LogP contribution in [-0.4, -0.2) is 18.6 Å². The van der Waals surface area contributed by atoms with E-state index in [0.717, 1.165) is 29.2 Å². The van der Waals surface area contributed by atoms with E-state index in [9.17, 15) is 10.1 Å². The highest BCUT2D eigenvalue weighted by Crippen LogP contribution is 2.61. The van der Waals surface area contributed by atoms with Crippen LogP contribution in [0.3, 0.4) is 0 Å². The number of hydrogen-bond acceptors (Lipinski definition) is 4. The molecule has 4 bridgehead atoms. The number of nitrogens with one attached hydrogen (secondary N) is 2. The molecule has 5 heteroatoms. The van der Waals surface area contributed by atoms with Gasteiger partial charge in [0.2, 0.25) is 0 Å². The SMILES string of the molecule is CCOc1ccc(N/C=C(/C#N)C(=O)NC(C)C23CC4CC(CC(C4)C2)C3)cc1. The summed E-state index contributed by atoms with van der Waals surface area (Å²) < 4.78 is 5.43. The number of rotatable bonds is 7. The molecule has 0 spiro atoms. The third-order valence-electron chi connectivity index (χ3n) is 7.27. The zero-order valence-electron chi connectivity index (χ0n) is 17.4. The van der Waals surface area contributed by atoms with Crippen molar-refractivity contribution in [2.24, 2.45) is 23.2 Å². The van der Waals surface area contributed by atoms with Crippen molar-refractivity contribution >= 4 is 11.6 Å². The summed E-state index contributed by atoms with van der Waals surface area (Å²) in [6, 6.07) is 9.61. The number of ether oxygens (including phenoxy) is 1. The second-order valence-electron chi connectivity index (χ2n) is 9.25. The van der Waals surface area contributed by atoms with Crippen LogP contribution >= 0.6 is 0 Å². The Morgan fingerprint density at radius 1 is 1.21 bits per heavy atom. The summed E-state index contributed by atoms with van der Waals surface area (Å²) in [6.07, 6.45) is 9.35. The molecule has 1 aromatic carbocycles. The predicted molar refractivity (Wildman–Crippen MR) is 113 cm³/mol. The summed E-state index contributed by atoms with van der Waals surface area (Å²) in [5.41, 5.74) is 1.15. The van der Waals surface area contributed by atoms with E-state index in [1.165, 1.54) is 44.7 Å². The molecular weight excluding hydrogens is 362 g/mol. The first-order chi connectivity index (χ1) is 14.0. The maximum atomic E-state index is 12.8. The van der Waals surface area contributed by atoms with E-state index in [1.807, 2.05) is 37.3 Å². The summed E-state index contributed by atoms with van der Waals surface area (Å²) in [6.45, 7) is 4.70. The van der Waals surface area contributed by atoms with Gasteiger partial charge >= 0.3 is 0 Å². The van der Waals surface area contributed by atoms with E-state index in [1.54, 1.807) is 0 Å². The van der Waals surface area contributed by atoms with Crippen molar-refractivity contribution in [2.45, 2.75) is 58.4 Å². The molecule has 0 aromatic heterocycles. The lowest BCUT2D eigenvalue weighted by Gasteiger charge is -2.59. The maximum Gasteiger partial charge on any atom is 0.263 e. The lowest BCUT2D eigenvalue weighted by Crippen LogP contribution is -2.56. The highest BCUT2D eigenvalue weighted by Gasteiger charge is 2.53. The predicted octanol–water partition coefficient (Wildman–Crippen LogP) is 4.63. The van der Waals surface area contributed by atoms with E-state index in [2.05, 4.69) is 17.6 Å². The minimum Gasteiger partial charge on any atom is -0.494 e. The Morgan fingerprint density at radius 2 is 1.79 bits per heavy atom. The van der Waals surface area contributed by atoms with Gasteiger partial charge in [0.15, 0.2) is 0 Å². The first kappa shape index (κ1) is 19.8. The maximum absolute atomic E-state index is 12.8. The number of hydrogen-bond donors (Lipinski definition) is 2. The van der Waals surface area contributed by atoms with Crippen molar-refractivity contribution in [3.8, 4) is 11.8 Å². The molecule has 1 amide bonds. The molecule has 5 rings (SSSR count). The average Bonchev–Trinajstić information content (AvgIpc) is 2.69. The molecule has 4 aliphatic carbocycles. The van der Waals surface area contributed by atoms with Gasteiger partial charge in [-0.15, -0.1) is 0 Å². The molecule has 154 valence electrons. The zero-order valence-corrected chi connectivity index (χ0v) is 17.4. The molecule has 0 saturated heterocycles. The Kier molecular flexibility index (Phi) is 5.54. The topological polar surface area (TPSA) is 74.1 Å². The lowest BCUT2D eigenvalue weighted by molar-refractivity contribution is -0.122. The van der Waals surface area contributed by atoms with Crippen molar-refractivity contribution in [2.75, 3.05) is 11.9 Å². The Bertz CT molecular complexity index is 786. The molecule has 1 atom stereocenters. The molecule has 4 fully saturated rings. The summed E-state index contributed by atoms with van der Waals surface area (Å²) in [7, 11) is 0. The monoisotopic (exact) mass is 393 g/mol. The van der Waals surface area contributed by atoms with E-state index in [4.69, 9.17) is 4.74 Å². The number of carbonyl (C=O) groups excluding carboxylic acids is 1. The summed E-state index contributed by atoms with van der Waals surface area (Å²) in [5.74, 6) is 3.03. The molecule has 1 aromatic rings. The van der Waals surface area contributed by atoms with Crippen LogP contribution in [-0.2, 0) is 4.79 Å². The van der Waals surface area contributed by atoms with Gasteiger partial charge in [-0.2, -0.15) is 5.26 Å². The average molecular weight is 394 g/mol. The Labute approximate surface area is 173 Å². The number of amides is 1. The van der Waals surface area contributed by atoms with Crippen LogP contribution in [0, 0.1) is 34.5 Å². The normalized spacial score (nSPS) is 31.1. The molecular formula is C24H31N3O2. The molecule has 4 aliphatic rings. The highest BCUT2D eigenvalue weighted by atomic mass is 16.5. The fourth-order valence-corrected chi connectivity index (χ4v) is 6.25. The van der Waals surface area contributed by atoms with Gasteiger partial charge in [-0.1, -0.05) is 0 Å². The Hall–Kier alpha value is -2.48. The molecule has 29 heavy (non-hydrogen) atoms. The summed E-state index contributed by atoms with van der Waals surface area (Å²) in [5, 5.41) is 15.7. The Balaban J connectivity index is 1.38. The van der Waals surface area contributed by atoms with E-state index in [-0.39, 0.29) is 22.9 Å². The second kappa shape index (κ2) is 8.10. The lowest BCUT2D eigenvalue weighted by atomic mass is 9.48. The van der Waals surface area contributed by atoms with E-state index in [0.29, 0.717) is 6.61 Å². The quantitative estimate of drug-likeness (QED) is 0.523. The summed E-state index contributed by atoms with van der Waals surface area (Å²) in [4.78, 5) is 12.8.